The van der Waals surface area contributed by atoms with E-state index in [9.17, 15) is 4.79 Å². The molecule has 0 aliphatic heterocycles. The van der Waals surface area contributed by atoms with Crippen LogP contribution in [0.3, 0.4) is 0 Å². The first-order chi connectivity index (χ1) is 18.9. The van der Waals surface area contributed by atoms with Crippen LogP contribution in [-0.2, 0) is 4.79 Å². The number of nitrogens with one attached hydrogen (secondary N) is 2. The van der Waals surface area contributed by atoms with Crippen LogP contribution < -0.4 is 10.1 Å². The molecule has 0 saturated carbocycles. The van der Waals surface area contributed by atoms with Gasteiger partial charge >= 0.3 is 0 Å². The van der Waals surface area contributed by atoms with Gasteiger partial charge in [0.15, 0.2) is 0 Å². The fraction of sp³-hybridized carbons (Fsp3) is 0.290. The van der Waals surface area contributed by atoms with Crippen molar-refractivity contribution in [1.29, 1.82) is 0 Å². The van der Waals surface area contributed by atoms with Crippen LogP contribution >= 0.6 is 23.2 Å². The minimum absolute atomic E-state index is 0.139. The number of benzene rings is 2. The monoisotopic (exact) mass is 564 g/mol. The molecule has 0 saturated heterocycles. The quantitative estimate of drug-likeness (QED) is 0.180. The van der Waals surface area contributed by atoms with Crippen LogP contribution in [0.5, 0.6) is 5.88 Å². The highest BCUT2D eigenvalue weighted by atomic mass is 35.5. The zero-order chi connectivity index (χ0) is 27.8. The number of hydrogen-bond donors (Lipinski definition) is 2. The molecule has 0 unspecified atom stereocenters. The van der Waals surface area contributed by atoms with Crippen LogP contribution in [0.4, 0.5) is 0 Å². The summed E-state index contributed by atoms with van der Waals surface area (Å²) < 4.78 is 5.85. The van der Waals surface area contributed by atoms with Gasteiger partial charge in [0.05, 0.1) is 10.7 Å². The fourth-order valence-corrected chi connectivity index (χ4v) is 5.07. The molecule has 2 N–H and O–H groups in total. The van der Waals surface area contributed by atoms with Gasteiger partial charge in [-0.3, -0.25) is 4.79 Å². The minimum atomic E-state index is 0.139. The molecule has 2 heterocycles. The van der Waals surface area contributed by atoms with Crippen molar-refractivity contribution in [2.75, 3.05) is 33.8 Å². The zero-order valence-electron chi connectivity index (χ0n) is 22.6. The zero-order valence-corrected chi connectivity index (χ0v) is 24.1. The number of carbonyl (C=O) groups excluding carboxylic acids is 1. The molecule has 4 aromatic rings. The van der Waals surface area contributed by atoms with Crippen molar-refractivity contribution in [1.82, 2.24) is 20.2 Å². The number of H-pyrrole nitrogens is 1. The summed E-state index contributed by atoms with van der Waals surface area (Å²) in [5.74, 6) is 0.682. The molecule has 2 aromatic heterocycles. The van der Waals surface area contributed by atoms with Crippen molar-refractivity contribution in [2.45, 2.75) is 26.2 Å². The molecule has 6 nitrogen and oxygen atoms in total. The van der Waals surface area contributed by atoms with E-state index in [4.69, 9.17) is 27.9 Å². The highest BCUT2D eigenvalue weighted by Gasteiger charge is 2.21. The lowest BCUT2D eigenvalue weighted by Crippen LogP contribution is -2.25. The van der Waals surface area contributed by atoms with Gasteiger partial charge in [0.1, 0.15) is 6.61 Å². The second-order valence-corrected chi connectivity index (χ2v) is 10.2. The van der Waals surface area contributed by atoms with E-state index < -0.39 is 0 Å². The molecule has 4 rings (SSSR count). The number of nitrogens with zero attached hydrogens (tertiary/aromatic N) is 2. The second-order valence-electron chi connectivity index (χ2n) is 9.42. The van der Waals surface area contributed by atoms with Gasteiger partial charge in [-0.1, -0.05) is 66.5 Å². The van der Waals surface area contributed by atoms with E-state index in [1.165, 1.54) is 0 Å². The smallest absolute Gasteiger partial charge is 0.222 e. The molecular weight excluding hydrogens is 531 g/mol. The third-order valence-corrected chi connectivity index (χ3v) is 7.27. The normalized spacial score (nSPS) is 11.9. The molecule has 2 aromatic carbocycles. The van der Waals surface area contributed by atoms with Crippen molar-refractivity contribution in [3.63, 3.8) is 0 Å². The van der Waals surface area contributed by atoms with Crippen LogP contribution in [0.2, 0.25) is 10.0 Å². The largest absolute Gasteiger partial charge is 0.476 e. The van der Waals surface area contributed by atoms with E-state index in [0.29, 0.717) is 35.5 Å². The Bertz CT molecular complexity index is 1440. The topological polar surface area (TPSA) is 70.2 Å². The average molecular weight is 566 g/mol. The number of allylic oxidation sites excluding steroid dienone is 1. The van der Waals surface area contributed by atoms with E-state index >= 15 is 0 Å². The molecule has 0 radical (unpaired) electrons. The molecular formula is C31H34Cl2N4O2. The Balaban J connectivity index is 1.55. The Hall–Kier alpha value is -3.32. The Morgan fingerprint density at radius 1 is 1.03 bits per heavy atom. The summed E-state index contributed by atoms with van der Waals surface area (Å²) in [6.07, 6.45) is 3.89. The number of fused-ring (bicyclic) bond motifs is 1. The number of rotatable bonds is 12. The van der Waals surface area contributed by atoms with E-state index in [0.717, 1.165) is 58.3 Å². The Kier molecular flexibility index (Phi) is 10.0. The summed E-state index contributed by atoms with van der Waals surface area (Å²) in [7, 11) is 3.55. The summed E-state index contributed by atoms with van der Waals surface area (Å²) in [4.78, 5) is 21.4. The molecule has 0 aliphatic rings. The number of amides is 1. The molecule has 1 amide bonds. The SMILES string of the molecule is CC/C(=C(/c1ccc(OCCNCCCC(=O)N(C)C)nc1)c1[nH]c2ccccc2c1Cl)c1ccccc1Cl. The van der Waals surface area contributed by atoms with Crippen molar-refractivity contribution in [3.8, 4) is 5.88 Å². The minimum Gasteiger partial charge on any atom is -0.476 e. The molecule has 0 atom stereocenters. The number of hydrogen-bond acceptors (Lipinski definition) is 4. The molecule has 0 aliphatic carbocycles. The highest BCUT2D eigenvalue weighted by Crippen LogP contribution is 2.41. The molecule has 0 spiro atoms. The maximum atomic E-state index is 11.7. The maximum Gasteiger partial charge on any atom is 0.222 e. The van der Waals surface area contributed by atoms with Gasteiger partial charge < -0.3 is 19.9 Å². The van der Waals surface area contributed by atoms with E-state index in [2.05, 4.69) is 22.2 Å². The van der Waals surface area contributed by atoms with Gasteiger partial charge in [0, 0.05) is 66.4 Å². The predicted octanol–water partition coefficient (Wildman–Crippen LogP) is 7.08. The van der Waals surface area contributed by atoms with Gasteiger partial charge in [-0.05, 0) is 48.7 Å². The van der Waals surface area contributed by atoms with Crippen molar-refractivity contribution in [3.05, 3.63) is 93.7 Å². The summed E-state index contributed by atoms with van der Waals surface area (Å²) in [5.41, 5.74) is 5.71. The molecule has 0 fully saturated rings. The lowest BCUT2D eigenvalue weighted by Gasteiger charge is -2.16. The summed E-state index contributed by atoms with van der Waals surface area (Å²) >= 11 is 13.6. The standard InChI is InChI=1S/C31H34Cl2N4O2/c1-4-22(23-10-5-7-12-25(23)32)29(31-30(33)24-11-6-8-13-26(24)36-31)21-15-16-27(35-20-21)39-19-18-34-17-9-14-28(38)37(2)3/h5-8,10-13,15-16,20,34,36H,4,9,14,17-19H2,1-3H3/b29-22+. The predicted molar refractivity (Wildman–Crippen MR) is 161 cm³/mol. The lowest BCUT2D eigenvalue weighted by atomic mass is 9.91. The first kappa shape index (κ1) is 28.7. The van der Waals surface area contributed by atoms with Crippen LogP contribution in [0, 0.1) is 0 Å². The van der Waals surface area contributed by atoms with Gasteiger partial charge in [0.25, 0.3) is 0 Å². The molecule has 39 heavy (non-hydrogen) atoms. The number of halogens is 2. The second kappa shape index (κ2) is 13.7. The maximum absolute atomic E-state index is 11.7. The van der Waals surface area contributed by atoms with Crippen molar-refractivity contribution < 1.29 is 9.53 Å². The van der Waals surface area contributed by atoms with Gasteiger partial charge in [-0.15, -0.1) is 0 Å². The van der Waals surface area contributed by atoms with Crippen LogP contribution in [0.25, 0.3) is 22.0 Å². The first-order valence-electron chi connectivity index (χ1n) is 13.2. The Morgan fingerprint density at radius 3 is 2.49 bits per heavy atom. The summed E-state index contributed by atoms with van der Waals surface area (Å²) in [6.45, 7) is 4.02. The van der Waals surface area contributed by atoms with Gasteiger partial charge in [-0.25, -0.2) is 4.98 Å². The number of para-hydroxylation sites is 1. The van der Waals surface area contributed by atoms with E-state index in [-0.39, 0.29) is 5.91 Å². The fourth-order valence-electron chi connectivity index (χ4n) is 4.51. The number of carbonyl (C=O) groups is 1. The van der Waals surface area contributed by atoms with Crippen LogP contribution in [0.1, 0.15) is 43.0 Å². The molecule has 8 heteroatoms. The number of ether oxygens (including phenoxy) is 1. The van der Waals surface area contributed by atoms with E-state index in [1.54, 1.807) is 19.0 Å². The van der Waals surface area contributed by atoms with Gasteiger partial charge in [-0.2, -0.15) is 0 Å². The van der Waals surface area contributed by atoms with Crippen molar-refractivity contribution in [2.24, 2.45) is 0 Å². The Morgan fingerprint density at radius 2 is 1.79 bits per heavy atom. The Labute approximate surface area is 240 Å². The number of aromatic nitrogens is 2. The number of pyridine rings is 1. The van der Waals surface area contributed by atoms with Crippen molar-refractivity contribution >= 4 is 51.2 Å². The molecule has 0 bridgehead atoms. The van der Waals surface area contributed by atoms with Crippen LogP contribution in [-0.4, -0.2) is 54.6 Å². The third kappa shape index (κ3) is 7.01. The highest BCUT2D eigenvalue weighted by molar-refractivity contribution is 6.38. The third-order valence-electron chi connectivity index (χ3n) is 6.54. The lowest BCUT2D eigenvalue weighted by molar-refractivity contribution is -0.128. The van der Waals surface area contributed by atoms with Gasteiger partial charge in [0.2, 0.25) is 11.8 Å². The first-order valence-corrected chi connectivity index (χ1v) is 13.9. The number of aromatic amines is 1. The summed E-state index contributed by atoms with van der Waals surface area (Å²) in [5, 5.41) is 5.62. The summed E-state index contributed by atoms with van der Waals surface area (Å²) in [6, 6.07) is 19.7. The molecule has 204 valence electrons. The van der Waals surface area contributed by atoms with E-state index in [1.807, 2.05) is 66.9 Å². The average Bonchev–Trinajstić information content (AvgIpc) is 3.27. The van der Waals surface area contributed by atoms with Crippen LogP contribution in [0.15, 0.2) is 66.9 Å².